The summed E-state index contributed by atoms with van der Waals surface area (Å²) in [5.74, 6) is 0.0970. The molecule has 1 N–H and O–H groups in total. The van der Waals surface area contributed by atoms with Crippen LogP contribution in [0.2, 0.25) is 0 Å². The summed E-state index contributed by atoms with van der Waals surface area (Å²) in [7, 11) is 0. The number of hydrogen-bond donors (Lipinski definition) is 1. The molecule has 1 aliphatic rings. The number of nitro groups is 1. The lowest BCUT2D eigenvalue weighted by Crippen LogP contribution is -2.37. The van der Waals surface area contributed by atoms with E-state index in [0.29, 0.717) is 6.42 Å². The third-order valence-electron chi connectivity index (χ3n) is 3.03. The molecule has 0 aromatic heterocycles. The predicted molar refractivity (Wildman–Crippen MR) is 62.5 cm³/mol. The van der Waals surface area contributed by atoms with Crippen LogP contribution in [0.15, 0.2) is 24.3 Å². The van der Waals surface area contributed by atoms with E-state index in [4.69, 9.17) is 0 Å². The van der Waals surface area contributed by atoms with E-state index in [1.165, 1.54) is 12.1 Å². The van der Waals surface area contributed by atoms with E-state index >= 15 is 0 Å². The van der Waals surface area contributed by atoms with Crippen LogP contribution in [0.5, 0.6) is 0 Å². The Kier molecular flexibility index (Phi) is 3.37. The Morgan fingerprint density at radius 2 is 2.06 bits per heavy atom. The fourth-order valence-electron chi connectivity index (χ4n) is 2.07. The smallest absolute Gasteiger partial charge is 0.269 e. The van der Waals surface area contributed by atoms with E-state index in [1.807, 2.05) is 0 Å². The van der Waals surface area contributed by atoms with E-state index in [2.05, 4.69) is 5.32 Å². The molecule has 1 saturated heterocycles. The van der Waals surface area contributed by atoms with Gasteiger partial charge in [-0.1, -0.05) is 12.1 Å². The van der Waals surface area contributed by atoms with Crippen LogP contribution >= 0.6 is 0 Å². The van der Waals surface area contributed by atoms with Gasteiger partial charge in [-0.25, -0.2) is 0 Å². The van der Waals surface area contributed by atoms with E-state index < -0.39 is 4.92 Å². The Bertz CT molecular complexity index is 428. The maximum atomic E-state index is 11.6. The average Bonchev–Trinajstić information content (AvgIpc) is 2.33. The first kappa shape index (κ1) is 11.6. The Morgan fingerprint density at radius 1 is 1.35 bits per heavy atom. The maximum absolute atomic E-state index is 11.6. The van der Waals surface area contributed by atoms with Crippen molar-refractivity contribution in [3.63, 3.8) is 0 Å². The van der Waals surface area contributed by atoms with Crippen molar-refractivity contribution in [2.75, 3.05) is 6.54 Å². The summed E-state index contributed by atoms with van der Waals surface area (Å²) in [5.41, 5.74) is 1.06. The molecular formula is C12H14N2O3. The second-order valence-corrected chi connectivity index (χ2v) is 4.26. The van der Waals surface area contributed by atoms with Gasteiger partial charge in [0.25, 0.3) is 5.69 Å². The predicted octanol–water partition coefficient (Wildman–Crippen LogP) is 1.66. The molecule has 5 nitrogen and oxygen atoms in total. The van der Waals surface area contributed by atoms with Crippen LogP contribution in [0.4, 0.5) is 5.69 Å². The number of non-ortho nitro benzene ring substituents is 1. The van der Waals surface area contributed by atoms with Crippen molar-refractivity contribution in [2.45, 2.75) is 19.3 Å². The number of piperidine rings is 1. The fraction of sp³-hybridized carbons (Fsp3) is 0.417. The molecule has 5 heteroatoms. The van der Waals surface area contributed by atoms with Gasteiger partial charge in [-0.3, -0.25) is 14.9 Å². The van der Waals surface area contributed by atoms with Gasteiger partial charge in [0.2, 0.25) is 5.91 Å². The summed E-state index contributed by atoms with van der Waals surface area (Å²) >= 11 is 0. The molecule has 0 bridgehead atoms. The zero-order chi connectivity index (χ0) is 12.3. The van der Waals surface area contributed by atoms with Crippen LogP contribution in [-0.2, 0) is 11.2 Å². The van der Waals surface area contributed by atoms with E-state index in [0.717, 1.165) is 24.9 Å². The van der Waals surface area contributed by atoms with Crippen LogP contribution < -0.4 is 5.32 Å². The summed E-state index contributed by atoms with van der Waals surface area (Å²) in [5, 5.41) is 13.3. The van der Waals surface area contributed by atoms with E-state index in [9.17, 15) is 14.9 Å². The molecule has 0 radical (unpaired) electrons. The van der Waals surface area contributed by atoms with Gasteiger partial charge in [-0.15, -0.1) is 0 Å². The van der Waals surface area contributed by atoms with Gasteiger partial charge in [0.05, 0.1) is 4.92 Å². The molecule has 0 aliphatic carbocycles. The summed E-state index contributed by atoms with van der Waals surface area (Å²) in [6, 6.07) is 6.41. The maximum Gasteiger partial charge on any atom is 0.269 e. The Balaban J connectivity index is 2.03. The largest absolute Gasteiger partial charge is 0.356 e. The van der Waals surface area contributed by atoms with Gasteiger partial charge in [0.15, 0.2) is 0 Å². The van der Waals surface area contributed by atoms with Crippen molar-refractivity contribution >= 4 is 11.6 Å². The molecule has 1 aromatic carbocycles. The molecule has 0 spiro atoms. The molecule has 0 saturated carbocycles. The number of hydrogen-bond acceptors (Lipinski definition) is 3. The van der Waals surface area contributed by atoms with Crippen LogP contribution in [0, 0.1) is 16.0 Å². The summed E-state index contributed by atoms with van der Waals surface area (Å²) in [6.07, 6.45) is 2.55. The van der Waals surface area contributed by atoms with Crippen LogP contribution in [-0.4, -0.2) is 17.4 Å². The van der Waals surface area contributed by atoms with Crippen molar-refractivity contribution in [1.82, 2.24) is 5.32 Å². The van der Waals surface area contributed by atoms with Crippen LogP contribution in [0.25, 0.3) is 0 Å². The number of benzene rings is 1. The molecule has 1 aliphatic heterocycles. The van der Waals surface area contributed by atoms with Crippen molar-refractivity contribution in [2.24, 2.45) is 5.92 Å². The molecule has 1 aromatic rings. The Hall–Kier alpha value is -1.91. The van der Waals surface area contributed by atoms with Gasteiger partial charge in [-0.2, -0.15) is 0 Å². The molecule has 90 valence electrons. The van der Waals surface area contributed by atoms with Crippen molar-refractivity contribution in [3.05, 3.63) is 39.9 Å². The molecule has 1 fully saturated rings. The molecular weight excluding hydrogens is 220 g/mol. The number of carbonyl (C=O) groups is 1. The average molecular weight is 234 g/mol. The first-order valence-corrected chi connectivity index (χ1v) is 5.68. The standard InChI is InChI=1S/C12H14N2O3/c15-12-10(2-1-7-13-12)8-9-3-5-11(6-4-9)14(16)17/h3-6,10H,1-2,7-8H2,(H,13,15). The molecule has 2 rings (SSSR count). The fourth-order valence-corrected chi connectivity index (χ4v) is 2.07. The lowest BCUT2D eigenvalue weighted by molar-refractivity contribution is -0.384. The summed E-state index contributed by atoms with van der Waals surface area (Å²) in [4.78, 5) is 21.6. The van der Waals surface area contributed by atoms with E-state index in [-0.39, 0.29) is 17.5 Å². The lowest BCUT2D eigenvalue weighted by atomic mass is 9.91. The minimum atomic E-state index is -0.420. The number of carbonyl (C=O) groups excluding carboxylic acids is 1. The highest BCUT2D eigenvalue weighted by atomic mass is 16.6. The number of nitrogens with one attached hydrogen (secondary N) is 1. The van der Waals surface area contributed by atoms with Crippen LogP contribution in [0.3, 0.4) is 0 Å². The number of amides is 1. The second-order valence-electron chi connectivity index (χ2n) is 4.26. The quantitative estimate of drug-likeness (QED) is 0.638. The SMILES string of the molecule is O=C1NCCCC1Cc1ccc([N+](=O)[O-])cc1. The molecule has 17 heavy (non-hydrogen) atoms. The number of rotatable bonds is 3. The molecule has 1 amide bonds. The molecule has 1 heterocycles. The topological polar surface area (TPSA) is 72.2 Å². The third-order valence-corrected chi connectivity index (χ3v) is 3.03. The zero-order valence-corrected chi connectivity index (χ0v) is 9.39. The monoisotopic (exact) mass is 234 g/mol. The normalized spacial score (nSPS) is 19.8. The number of nitrogens with zero attached hydrogens (tertiary/aromatic N) is 1. The Labute approximate surface area is 99.0 Å². The Morgan fingerprint density at radius 3 is 2.65 bits per heavy atom. The van der Waals surface area contributed by atoms with Crippen molar-refractivity contribution < 1.29 is 9.72 Å². The first-order chi connectivity index (χ1) is 8.16. The van der Waals surface area contributed by atoms with Crippen molar-refractivity contribution in [3.8, 4) is 0 Å². The third kappa shape index (κ3) is 2.81. The highest BCUT2D eigenvalue weighted by Crippen LogP contribution is 2.19. The van der Waals surface area contributed by atoms with Gasteiger partial charge < -0.3 is 5.32 Å². The minimum Gasteiger partial charge on any atom is -0.356 e. The lowest BCUT2D eigenvalue weighted by Gasteiger charge is -2.21. The minimum absolute atomic E-state index is 0.00482. The summed E-state index contributed by atoms with van der Waals surface area (Å²) in [6.45, 7) is 0.760. The molecule has 1 unspecified atom stereocenters. The highest BCUT2D eigenvalue weighted by Gasteiger charge is 2.22. The van der Waals surface area contributed by atoms with Gasteiger partial charge in [0.1, 0.15) is 0 Å². The van der Waals surface area contributed by atoms with E-state index in [1.54, 1.807) is 12.1 Å². The van der Waals surface area contributed by atoms with Gasteiger partial charge in [-0.05, 0) is 24.8 Å². The summed E-state index contributed by atoms with van der Waals surface area (Å²) < 4.78 is 0. The molecule has 1 atom stereocenters. The number of nitro benzene ring substituents is 1. The van der Waals surface area contributed by atoms with Crippen molar-refractivity contribution in [1.29, 1.82) is 0 Å². The van der Waals surface area contributed by atoms with Crippen LogP contribution in [0.1, 0.15) is 18.4 Å². The highest BCUT2D eigenvalue weighted by molar-refractivity contribution is 5.79. The zero-order valence-electron chi connectivity index (χ0n) is 9.39. The van der Waals surface area contributed by atoms with Gasteiger partial charge in [0, 0.05) is 24.6 Å². The van der Waals surface area contributed by atoms with Gasteiger partial charge >= 0.3 is 0 Å². The first-order valence-electron chi connectivity index (χ1n) is 5.68. The second kappa shape index (κ2) is 4.95.